The van der Waals surface area contributed by atoms with Gasteiger partial charge < -0.3 is 10.6 Å². The van der Waals surface area contributed by atoms with E-state index in [4.69, 9.17) is 9.98 Å². The molecule has 154 valence electrons. The van der Waals surface area contributed by atoms with Gasteiger partial charge in [0.15, 0.2) is 5.66 Å². The fraction of sp³-hybridized carbons (Fsp3) is 0.304. The monoisotopic (exact) mass is 420 g/mol. The van der Waals surface area contributed by atoms with Crippen LogP contribution in [0.4, 0.5) is 11.4 Å². The molecular weight excluding hydrogens is 396 g/mol. The Kier molecular flexibility index (Phi) is 5.99. The lowest BCUT2D eigenvalue weighted by Gasteiger charge is -2.14. The zero-order valence-corrected chi connectivity index (χ0v) is 17.7. The first kappa shape index (κ1) is 20.3. The van der Waals surface area contributed by atoms with Gasteiger partial charge in [-0.3, -0.25) is 14.6 Å². The maximum absolute atomic E-state index is 12.5. The van der Waals surface area contributed by atoms with Crippen molar-refractivity contribution in [3.63, 3.8) is 0 Å². The fourth-order valence-corrected chi connectivity index (χ4v) is 4.62. The number of anilines is 2. The Balaban J connectivity index is 1.41. The average molecular weight is 421 g/mol. The minimum Gasteiger partial charge on any atom is -0.326 e. The number of amides is 2. The highest BCUT2D eigenvalue weighted by Gasteiger charge is 2.39. The smallest absolute Gasteiger partial charge is 0.234 e. The second-order valence-electron chi connectivity index (χ2n) is 7.53. The number of thioether (sulfide) groups is 1. The van der Waals surface area contributed by atoms with Crippen molar-refractivity contribution < 1.29 is 9.59 Å². The molecule has 1 spiro atoms. The van der Waals surface area contributed by atoms with Gasteiger partial charge in [-0.1, -0.05) is 42.1 Å². The van der Waals surface area contributed by atoms with Crippen LogP contribution in [0.3, 0.4) is 0 Å². The summed E-state index contributed by atoms with van der Waals surface area (Å²) in [4.78, 5) is 33.5. The molecule has 2 amide bonds. The first-order valence-electron chi connectivity index (χ1n) is 10.1. The van der Waals surface area contributed by atoms with E-state index in [1.54, 1.807) is 24.3 Å². The Morgan fingerprint density at radius 3 is 2.20 bits per heavy atom. The van der Waals surface area contributed by atoms with Crippen molar-refractivity contribution in [3.8, 4) is 0 Å². The van der Waals surface area contributed by atoms with E-state index in [2.05, 4.69) is 10.6 Å². The van der Waals surface area contributed by atoms with E-state index in [9.17, 15) is 9.59 Å². The lowest BCUT2D eigenvalue weighted by molar-refractivity contribution is -0.114. The lowest BCUT2D eigenvalue weighted by Crippen LogP contribution is -2.17. The van der Waals surface area contributed by atoms with E-state index in [1.807, 2.05) is 30.3 Å². The topological polar surface area (TPSA) is 82.9 Å². The minimum atomic E-state index is -0.330. The number of aliphatic imine (C=N–C) groups is 2. The number of nitrogens with zero attached hydrogens (tertiary/aromatic N) is 2. The summed E-state index contributed by atoms with van der Waals surface area (Å²) in [6.07, 6.45) is 4.23. The van der Waals surface area contributed by atoms with E-state index >= 15 is 0 Å². The van der Waals surface area contributed by atoms with Crippen LogP contribution in [0, 0.1) is 0 Å². The molecule has 0 saturated heterocycles. The number of benzene rings is 2. The minimum absolute atomic E-state index is 0.102. The molecule has 0 atom stereocenters. The van der Waals surface area contributed by atoms with Gasteiger partial charge in [-0.15, -0.1) is 0 Å². The fourth-order valence-electron chi connectivity index (χ4n) is 3.74. The third-order valence-electron chi connectivity index (χ3n) is 5.11. The Hall–Kier alpha value is -2.93. The highest BCUT2D eigenvalue weighted by molar-refractivity contribution is 8.16. The van der Waals surface area contributed by atoms with Crippen LogP contribution in [0.2, 0.25) is 0 Å². The Morgan fingerprint density at radius 2 is 1.57 bits per heavy atom. The van der Waals surface area contributed by atoms with Gasteiger partial charge in [-0.25, -0.2) is 4.99 Å². The number of rotatable bonds is 5. The number of hydrogen-bond donors (Lipinski definition) is 2. The third-order valence-corrected chi connectivity index (χ3v) is 6.08. The summed E-state index contributed by atoms with van der Waals surface area (Å²) in [7, 11) is 0. The molecule has 2 aliphatic rings. The van der Waals surface area contributed by atoms with Crippen molar-refractivity contribution in [2.45, 2.75) is 38.3 Å². The van der Waals surface area contributed by atoms with Gasteiger partial charge in [0.25, 0.3) is 0 Å². The molecule has 30 heavy (non-hydrogen) atoms. The Labute approximate surface area is 180 Å². The molecule has 0 aromatic heterocycles. The van der Waals surface area contributed by atoms with Crippen molar-refractivity contribution in [1.82, 2.24) is 0 Å². The van der Waals surface area contributed by atoms with E-state index in [0.29, 0.717) is 11.4 Å². The zero-order valence-electron chi connectivity index (χ0n) is 16.9. The second-order valence-corrected chi connectivity index (χ2v) is 8.49. The van der Waals surface area contributed by atoms with E-state index in [0.717, 1.165) is 42.0 Å². The molecule has 0 unspecified atom stereocenters. The van der Waals surface area contributed by atoms with Crippen LogP contribution in [-0.2, 0) is 9.59 Å². The first-order valence-corrected chi connectivity index (χ1v) is 11.1. The van der Waals surface area contributed by atoms with Crippen LogP contribution in [0.25, 0.3) is 0 Å². The summed E-state index contributed by atoms with van der Waals surface area (Å²) >= 11 is 1.44. The SMILES string of the molecule is CC(=O)Nc1ccc(NC(=O)CSC2=NC3(CCCC3)N=C2c2ccccc2)cc1. The van der Waals surface area contributed by atoms with Gasteiger partial charge >= 0.3 is 0 Å². The van der Waals surface area contributed by atoms with Crippen LogP contribution in [0.15, 0.2) is 64.6 Å². The van der Waals surface area contributed by atoms with Crippen molar-refractivity contribution in [3.05, 3.63) is 60.2 Å². The predicted molar refractivity (Wildman–Crippen MR) is 123 cm³/mol. The summed E-state index contributed by atoms with van der Waals surface area (Å²) in [5.74, 6) is 0.0278. The number of hydrogen-bond acceptors (Lipinski definition) is 5. The summed E-state index contributed by atoms with van der Waals surface area (Å²) in [5.41, 5.74) is 2.99. The molecule has 2 aromatic rings. The van der Waals surface area contributed by atoms with Gasteiger partial charge in [0.1, 0.15) is 5.04 Å². The Morgan fingerprint density at radius 1 is 0.933 bits per heavy atom. The van der Waals surface area contributed by atoms with E-state index in [1.165, 1.54) is 18.7 Å². The summed E-state index contributed by atoms with van der Waals surface area (Å²) < 4.78 is 0. The largest absolute Gasteiger partial charge is 0.326 e. The zero-order chi connectivity index (χ0) is 21.0. The second kappa shape index (κ2) is 8.83. The van der Waals surface area contributed by atoms with Gasteiger partial charge in [0.05, 0.1) is 11.5 Å². The molecule has 1 aliphatic heterocycles. The highest BCUT2D eigenvalue weighted by Crippen LogP contribution is 2.40. The first-order chi connectivity index (χ1) is 14.5. The van der Waals surface area contributed by atoms with Crippen molar-refractivity contribution in [2.75, 3.05) is 16.4 Å². The predicted octanol–water partition coefficient (Wildman–Crippen LogP) is 4.49. The molecule has 0 bridgehead atoms. The molecular formula is C23H24N4O2S. The molecule has 4 rings (SSSR count). The molecule has 1 fully saturated rings. The maximum atomic E-state index is 12.5. The van der Waals surface area contributed by atoms with E-state index in [-0.39, 0.29) is 23.2 Å². The molecule has 2 N–H and O–H groups in total. The average Bonchev–Trinajstić information content (AvgIpc) is 3.35. The summed E-state index contributed by atoms with van der Waals surface area (Å²) in [6.45, 7) is 1.46. The summed E-state index contributed by atoms with van der Waals surface area (Å²) in [5, 5.41) is 6.45. The van der Waals surface area contributed by atoms with Crippen LogP contribution in [-0.4, -0.2) is 34.0 Å². The number of carbonyl (C=O) groups is 2. The van der Waals surface area contributed by atoms with Crippen molar-refractivity contribution in [1.29, 1.82) is 0 Å². The van der Waals surface area contributed by atoms with Crippen LogP contribution < -0.4 is 10.6 Å². The third kappa shape index (κ3) is 4.79. The van der Waals surface area contributed by atoms with E-state index < -0.39 is 0 Å². The van der Waals surface area contributed by atoms with Crippen LogP contribution >= 0.6 is 11.8 Å². The Bertz CT molecular complexity index is 994. The molecule has 1 saturated carbocycles. The molecule has 7 heteroatoms. The molecule has 1 aliphatic carbocycles. The van der Waals surface area contributed by atoms with Gasteiger partial charge in [0.2, 0.25) is 11.8 Å². The normalized spacial score (nSPS) is 16.8. The highest BCUT2D eigenvalue weighted by atomic mass is 32.2. The van der Waals surface area contributed by atoms with Gasteiger partial charge in [-0.05, 0) is 49.9 Å². The number of nitrogens with one attached hydrogen (secondary N) is 2. The summed E-state index contributed by atoms with van der Waals surface area (Å²) in [6, 6.07) is 17.1. The van der Waals surface area contributed by atoms with Crippen molar-refractivity contribution >= 4 is 45.7 Å². The number of carbonyl (C=O) groups excluding carboxylic acids is 2. The standard InChI is InChI=1S/C23H24N4O2S/c1-16(28)24-18-9-11-19(12-10-18)25-20(29)15-30-22-21(17-7-3-2-4-8-17)26-23(27-22)13-5-6-14-23/h2-4,7-12H,5-6,13-15H2,1H3,(H,24,28)(H,25,29). The van der Waals surface area contributed by atoms with Crippen molar-refractivity contribution in [2.24, 2.45) is 9.98 Å². The lowest BCUT2D eigenvalue weighted by atomic mass is 10.1. The molecule has 2 aromatic carbocycles. The maximum Gasteiger partial charge on any atom is 0.234 e. The van der Waals surface area contributed by atoms with Gasteiger partial charge in [-0.2, -0.15) is 0 Å². The molecule has 1 heterocycles. The molecule has 0 radical (unpaired) electrons. The van der Waals surface area contributed by atoms with Gasteiger partial charge in [0, 0.05) is 23.9 Å². The van der Waals surface area contributed by atoms with Crippen LogP contribution in [0.1, 0.15) is 38.2 Å². The van der Waals surface area contributed by atoms with Crippen LogP contribution in [0.5, 0.6) is 0 Å². The molecule has 6 nitrogen and oxygen atoms in total. The quantitative estimate of drug-likeness (QED) is 0.748.